The number of rotatable bonds is 4. The highest BCUT2D eigenvalue weighted by Gasteiger charge is 2.29. The third-order valence-corrected chi connectivity index (χ3v) is 7.43. The van der Waals surface area contributed by atoms with E-state index in [2.05, 4.69) is 5.32 Å². The first kappa shape index (κ1) is 24.3. The van der Waals surface area contributed by atoms with Crippen LogP contribution in [0.3, 0.4) is 0 Å². The second-order valence-corrected chi connectivity index (χ2v) is 9.61. The minimum absolute atomic E-state index is 0.241. The first-order valence-electron chi connectivity index (χ1n) is 12.0. The number of likely N-dealkylation sites (tertiary alicyclic amines) is 1. The zero-order valence-electron chi connectivity index (χ0n) is 21.1. The summed E-state index contributed by atoms with van der Waals surface area (Å²) in [4.78, 5) is 65.2. The topological polar surface area (TPSA) is 120 Å². The Hall–Kier alpha value is -4.41. The van der Waals surface area contributed by atoms with Gasteiger partial charge in [0, 0.05) is 40.3 Å². The maximum absolute atomic E-state index is 13.5. The molecule has 0 spiro atoms. The molecule has 2 aromatic carbocycles. The van der Waals surface area contributed by atoms with Crippen molar-refractivity contribution in [2.45, 2.75) is 25.8 Å². The number of anilines is 1. The van der Waals surface area contributed by atoms with Gasteiger partial charge in [-0.1, -0.05) is 11.6 Å². The van der Waals surface area contributed by atoms with Crippen LogP contribution in [-0.4, -0.2) is 48.6 Å². The Labute approximate surface area is 211 Å². The third-order valence-electron chi connectivity index (χ3n) is 7.43. The second kappa shape index (κ2) is 8.91. The van der Waals surface area contributed by atoms with Crippen molar-refractivity contribution in [1.29, 1.82) is 0 Å². The van der Waals surface area contributed by atoms with Crippen molar-refractivity contribution >= 4 is 39.9 Å². The normalized spacial score (nSPS) is 14.4. The molecule has 0 atom stereocenters. The molecule has 1 fully saturated rings. The highest BCUT2D eigenvalue weighted by molar-refractivity contribution is 6.05. The predicted molar refractivity (Wildman–Crippen MR) is 140 cm³/mol. The molecular formula is C26H28N6O5. The van der Waals surface area contributed by atoms with Crippen molar-refractivity contribution in [1.82, 2.24) is 23.2 Å². The van der Waals surface area contributed by atoms with Gasteiger partial charge in [-0.3, -0.25) is 32.7 Å². The fourth-order valence-corrected chi connectivity index (χ4v) is 5.32. The summed E-state index contributed by atoms with van der Waals surface area (Å²) in [6.07, 6.45) is 1.36. The zero-order chi connectivity index (χ0) is 26.6. The number of hydrogen-bond donors (Lipinski definition) is 1. The summed E-state index contributed by atoms with van der Waals surface area (Å²) in [5.41, 5.74) is 2.33. The minimum atomic E-state index is -0.376. The van der Waals surface area contributed by atoms with Crippen molar-refractivity contribution in [3.63, 3.8) is 0 Å². The van der Waals surface area contributed by atoms with E-state index in [1.54, 1.807) is 50.3 Å². The van der Waals surface area contributed by atoms with Crippen molar-refractivity contribution in [2.24, 2.45) is 21.1 Å². The Morgan fingerprint density at radius 1 is 0.892 bits per heavy atom. The van der Waals surface area contributed by atoms with Crippen LogP contribution >= 0.6 is 0 Å². The summed E-state index contributed by atoms with van der Waals surface area (Å²) in [7, 11) is 4.91. The van der Waals surface area contributed by atoms with Gasteiger partial charge < -0.3 is 10.2 Å². The van der Waals surface area contributed by atoms with Crippen LogP contribution in [0.2, 0.25) is 0 Å². The van der Waals surface area contributed by atoms with E-state index in [0.29, 0.717) is 60.0 Å². The molecule has 0 radical (unpaired) electrons. The predicted octanol–water partition coefficient (Wildman–Crippen LogP) is 1.24. The average molecular weight is 505 g/mol. The largest absolute Gasteiger partial charge is 0.338 e. The van der Waals surface area contributed by atoms with Gasteiger partial charge in [-0.05, 0) is 44.0 Å². The molecule has 1 aliphatic rings. The SMILES string of the molecule is Cc1ccc2c(c1)c(=O)n(C1CCN(C(=O)c3cc4c(cc3NC=O)n(C)c(=O)n4C)CC1)c(=O)n2C. The van der Waals surface area contributed by atoms with E-state index >= 15 is 0 Å². The van der Waals surface area contributed by atoms with Gasteiger partial charge in [-0.2, -0.15) is 0 Å². The number of carbonyl (C=O) groups is 2. The Morgan fingerprint density at radius 2 is 1.51 bits per heavy atom. The van der Waals surface area contributed by atoms with Gasteiger partial charge in [0.15, 0.2) is 0 Å². The number of piperidine rings is 1. The van der Waals surface area contributed by atoms with Gasteiger partial charge >= 0.3 is 11.4 Å². The summed E-state index contributed by atoms with van der Waals surface area (Å²) in [5.74, 6) is -0.296. The highest BCUT2D eigenvalue weighted by atomic mass is 16.2. The van der Waals surface area contributed by atoms with Crippen LogP contribution in [0, 0.1) is 6.92 Å². The maximum atomic E-state index is 13.5. The van der Waals surface area contributed by atoms with E-state index < -0.39 is 0 Å². The van der Waals surface area contributed by atoms with E-state index in [-0.39, 0.29) is 34.5 Å². The van der Waals surface area contributed by atoms with Gasteiger partial charge in [0.25, 0.3) is 11.5 Å². The molecule has 37 heavy (non-hydrogen) atoms. The molecule has 0 bridgehead atoms. The third kappa shape index (κ3) is 3.78. The molecule has 1 N–H and O–H groups in total. The Bertz CT molecular complexity index is 1770. The fourth-order valence-electron chi connectivity index (χ4n) is 5.32. The zero-order valence-corrected chi connectivity index (χ0v) is 21.1. The standard InChI is InChI=1S/C26H28N6O5/c1-15-5-6-20-18(11-15)24(35)32(26(37)28(20)2)16-7-9-31(10-8-16)23(34)17-12-21-22(13-19(17)27-14-33)30(4)25(36)29(21)3/h5-6,11-14,16H,7-10H2,1-4H3,(H,27,33). The minimum Gasteiger partial charge on any atom is -0.338 e. The molecule has 4 aromatic rings. The van der Waals surface area contributed by atoms with E-state index in [0.717, 1.165) is 5.56 Å². The Kier molecular flexibility index (Phi) is 5.85. The summed E-state index contributed by atoms with van der Waals surface area (Å²) >= 11 is 0. The van der Waals surface area contributed by atoms with Crippen LogP contribution in [0.4, 0.5) is 5.69 Å². The lowest BCUT2D eigenvalue weighted by Gasteiger charge is -2.33. The van der Waals surface area contributed by atoms with Gasteiger partial charge in [0.05, 0.1) is 33.2 Å². The lowest BCUT2D eigenvalue weighted by Crippen LogP contribution is -2.46. The quantitative estimate of drug-likeness (QED) is 0.420. The Balaban J connectivity index is 1.46. The number of nitrogens with one attached hydrogen (secondary N) is 1. The van der Waals surface area contributed by atoms with Crippen LogP contribution in [0.15, 0.2) is 44.7 Å². The first-order chi connectivity index (χ1) is 17.6. The van der Waals surface area contributed by atoms with Crippen LogP contribution in [-0.2, 0) is 25.9 Å². The van der Waals surface area contributed by atoms with Crippen LogP contribution in [0.5, 0.6) is 0 Å². The highest BCUT2D eigenvalue weighted by Crippen LogP contribution is 2.27. The lowest BCUT2D eigenvalue weighted by molar-refractivity contribution is -0.105. The number of aromatic nitrogens is 4. The molecule has 3 heterocycles. The summed E-state index contributed by atoms with van der Waals surface area (Å²) in [5, 5.41) is 3.07. The van der Waals surface area contributed by atoms with Crippen molar-refractivity contribution in [3.05, 3.63) is 72.8 Å². The van der Waals surface area contributed by atoms with Gasteiger partial charge in [-0.15, -0.1) is 0 Å². The van der Waals surface area contributed by atoms with Gasteiger partial charge in [0.2, 0.25) is 6.41 Å². The number of aryl methyl sites for hydroxylation is 4. The number of amides is 2. The van der Waals surface area contributed by atoms with Crippen LogP contribution in [0.25, 0.3) is 21.9 Å². The number of nitrogens with zero attached hydrogens (tertiary/aromatic N) is 5. The maximum Gasteiger partial charge on any atom is 0.331 e. The van der Waals surface area contributed by atoms with Gasteiger partial charge in [-0.25, -0.2) is 9.59 Å². The second-order valence-electron chi connectivity index (χ2n) is 9.61. The molecule has 192 valence electrons. The molecule has 0 aliphatic carbocycles. The van der Waals surface area contributed by atoms with E-state index in [1.807, 2.05) is 13.0 Å². The molecule has 1 saturated heterocycles. The molecule has 11 heteroatoms. The van der Waals surface area contributed by atoms with Crippen molar-refractivity contribution < 1.29 is 9.59 Å². The molecule has 11 nitrogen and oxygen atoms in total. The molecule has 2 amide bonds. The number of imidazole rings is 1. The lowest BCUT2D eigenvalue weighted by atomic mass is 10.0. The number of carbonyl (C=O) groups excluding carboxylic acids is 2. The molecule has 5 rings (SSSR count). The average Bonchev–Trinajstić information content (AvgIpc) is 3.10. The van der Waals surface area contributed by atoms with Crippen LogP contribution < -0.4 is 22.3 Å². The van der Waals surface area contributed by atoms with Crippen molar-refractivity contribution in [2.75, 3.05) is 18.4 Å². The van der Waals surface area contributed by atoms with Crippen LogP contribution in [0.1, 0.15) is 34.8 Å². The molecule has 0 unspecified atom stereocenters. The molecule has 0 saturated carbocycles. The van der Waals surface area contributed by atoms with E-state index in [9.17, 15) is 24.0 Å². The number of hydrogen-bond acceptors (Lipinski definition) is 5. The summed E-state index contributed by atoms with van der Waals surface area (Å²) in [6.45, 7) is 2.56. The van der Waals surface area contributed by atoms with Gasteiger partial charge in [0.1, 0.15) is 0 Å². The van der Waals surface area contributed by atoms with Crippen molar-refractivity contribution in [3.8, 4) is 0 Å². The molecule has 2 aromatic heterocycles. The number of fused-ring (bicyclic) bond motifs is 2. The van der Waals surface area contributed by atoms with E-state index in [4.69, 9.17) is 0 Å². The molecular weight excluding hydrogens is 476 g/mol. The monoisotopic (exact) mass is 504 g/mol. The fraction of sp³-hybridized carbons (Fsp3) is 0.346. The summed E-state index contributed by atoms with van der Waals surface area (Å²) < 4.78 is 5.71. The Morgan fingerprint density at radius 3 is 2.16 bits per heavy atom. The first-order valence-corrected chi connectivity index (χ1v) is 12.0. The number of benzene rings is 2. The summed E-state index contributed by atoms with van der Waals surface area (Å²) in [6, 6.07) is 8.33. The van der Waals surface area contributed by atoms with E-state index in [1.165, 1.54) is 18.3 Å². The smallest absolute Gasteiger partial charge is 0.331 e. The molecule has 1 aliphatic heterocycles.